The van der Waals surface area contributed by atoms with E-state index in [2.05, 4.69) is 9.80 Å². The number of hydrogen-bond acceptors (Lipinski definition) is 3. The summed E-state index contributed by atoms with van der Waals surface area (Å²) in [5.74, 6) is 0.233. The van der Waals surface area contributed by atoms with Crippen molar-refractivity contribution in [3.05, 3.63) is 12.2 Å². The van der Waals surface area contributed by atoms with Crippen molar-refractivity contribution in [2.75, 3.05) is 32.7 Å². The van der Waals surface area contributed by atoms with Gasteiger partial charge in [0.05, 0.1) is 0 Å². The average molecular weight is 222 g/mol. The third kappa shape index (κ3) is 3.42. The minimum absolute atomic E-state index is 0.233. The first-order chi connectivity index (χ1) is 7.79. The van der Waals surface area contributed by atoms with E-state index in [-0.39, 0.29) is 5.78 Å². The SMILES string of the molecule is CCC(=O)/C=C/CN1CCN(C2CC2)CC1. The Kier molecular flexibility index (Phi) is 4.13. The van der Waals surface area contributed by atoms with Crippen molar-refractivity contribution in [3.8, 4) is 0 Å². The molecule has 0 unspecified atom stereocenters. The van der Waals surface area contributed by atoms with Crippen LogP contribution >= 0.6 is 0 Å². The Morgan fingerprint density at radius 3 is 2.50 bits per heavy atom. The van der Waals surface area contributed by atoms with Crippen molar-refractivity contribution in [2.45, 2.75) is 32.2 Å². The second kappa shape index (κ2) is 5.60. The minimum Gasteiger partial charge on any atom is -0.298 e. The van der Waals surface area contributed by atoms with Gasteiger partial charge in [0.25, 0.3) is 0 Å². The van der Waals surface area contributed by atoms with Crippen LogP contribution in [-0.4, -0.2) is 54.3 Å². The van der Waals surface area contributed by atoms with E-state index in [0.717, 1.165) is 25.7 Å². The third-order valence-corrected chi connectivity index (χ3v) is 3.49. The van der Waals surface area contributed by atoms with Crippen LogP contribution in [0.5, 0.6) is 0 Å². The van der Waals surface area contributed by atoms with E-state index < -0.39 is 0 Å². The number of hydrogen-bond donors (Lipinski definition) is 0. The Bertz CT molecular complexity index is 263. The molecule has 1 aliphatic carbocycles. The zero-order valence-electron chi connectivity index (χ0n) is 10.2. The first kappa shape index (κ1) is 11.8. The molecule has 16 heavy (non-hydrogen) atoms. The lowest BCUT2D eigenvalue weighted by Gasteiger charge is -2.34. The quantitative estimate of drug-likeness (QED) is 0.655. The first-order valence-electron chi connectivity index (χ1n) is 6.45. The Hall–Kier alpha value is -0.670. The van der Waals surface area contributed by atoms with E-state index in [1.54, 1.807) is 6.08 Å². The van der Waals surface area contributed by atoms with Gasteiger partial charge in [-0.25, -0.2) is 0 Å². The Morgan fingerprint density at radius 1 is 1.25 bits per heavy atom. The second-order valence-electron chi connectivity index (χ2n) is 4.79. The van der Waals surface area contributed by atoms with E-state index in [0.29, 0.717) is 6.42 Å². The summed E-state index contributed by atoms with van der Waals surface area (Å²) in [6, 6.07) is 0.902. The molecule has 0 aromatic heterocycles. The van der Waals surface area contributed by atoms with Crippen LogP contribution in [0.25, 0.3) is 0 Å². The van der Waals surface area contributed by atoms with Crippen molar-refractivity contribution < 1.29 is 4.79 Å². The van der Waals surface area contributed by atoms with E-state index in [1.807, 2.05) is 13.0 Å². The largest absolute Gasteiger partial charge is 0.298 e. The summed E-state index contributed by atoms with van der Waals surface area (Å²) in [5.41, 5.74) is 0. The first-order valence-corrected chi connectivity index (χ1v) is 6.45. The van der Waals surface area contributed by atoms with Gasteiger partial charge in [0.15, 0.2) is 5.78 Å². The molecule has 0 atom stereocenters. The van der Waals surface area contributed by atoms with E-state index in [9.17, 15) is 4.79 Å². The van der Waals surface area contributed by atoms with Crippen molar-refractivity contribution in [2.24, 2.45) is 0 Å². The second-order valence-corrected chi connectivity index (χ2v) is 4.79. The maximum atomic E-state index is 11.1. The van der Waals surface area contributed by atoms with E-state index >= 15 is 0 Å². The molecule has 2 fully saturated rings. The van der Waals surface area contributed by atoms with Gasteiger partial charge in [-0.15, -0.1) is 0 Å². The summed E-state index contributed by atoms with van der Waals surface area (Å²) in [6.45, 7) is 7.56. The number of nitrogens with zero attached hydrogens (tertiary/aromatic N) is 2. The summed E-state index contributed by atoms with van der Waals surface area (Å²) in [6.07, 6.45) is 7.17. The Balaban J connectivity index is 1.64. The van der Waals surface area contributed by atoms with Crippen LogP contribution in [-0.2, 0) is 4.79 Å². The highest BCUT2D eigenvalue weighted by Crippen LogP contribution is 2.27. The van der Waals surface area contributed by atoms with Crippen LogP contribution in [0.1, 0.15) is 26.2 Å². The van der Waals surface area contributed by atoms with E-state index in [4.69, 9.17) is 0 Å². The molecule has 0 aromatic rings. The van der Waals surface area contributed by atoms with Gasteiger partial charge in [-0.05, 0) is 18.9 Å². The Morgan fingerprint density at radius 2 is 1.94 bits per heavy atom. The van der Waals surface area contributed by atoms with Crippen LogP contribution in [0.2, 0.25) is 0 Å². The van der Waals surface area contributed by atoms with Gasteiger partial charge in [-0.3, -0.25) is 14.6 Å². The van der Waals surface area contributed by atoms with Crippen molar-refractivity contribution in [3.63, 3.8) is 0 Å². The van der Waals surface area contributed by atoms with Gasteiger partial charge in [0.1, 0.15) is 0 Å². The van der Waals surface area contributed by atoms with Crippen LogP contribution in [0, 0.1) is 0 Å². The van der Waals surface area contributed by atoms with Crippen LogP contribution < -0.4 is 0 Å². The highest BCUT2D eigenvalue weighted by molar-refractivity contribution is 5.89. The molecule has 1 aliphatic heterocycles. The summed E-state index contributed by atoms with van der Waals surface area (Å²) >= 11 is 0. The van der Waals surface area contributed by atoms with Gasteiger partial charge in [0.2, 0.25) is 0 Å². The smallest absolute Gasteiger partial charge is 0.155 e. The maximum absolute atomic E-state index is 11.1. The lowest BCUT2D eigenvalue weighted by atomic mass is 10.2. The summed E-state index contributed by atoms with van der Waals surface area (Å²) < 4.78 is 0. The van der Waals surface area contributed by atoms with Crippen LogP contribution in [0.3, 0.4) is 0 Å². The lowest BCUT2D eigenvalue weighted by Crippen LogP contribution is -2.47. The van der Waals surface area contributed by atoms with Gasteiger partial charge in [-0.1, -0.05) is 13.0 Å². The number of carbonyl (C=O) groups is 1. The normalized spacial score (nSPS) is 24.1. The molecule has 2 rings (SSSR count). The maximum Gasteiger partial charge on any atom is 0.155 e. The monoisotopic (exact) mass is 222 g/mol. The van der Waals surface area contributed by atoms with Crippen molar-refractivity contribution in [1.29, 1.82) is 0 Å². The van der Waals surface area contributed by atoms with E-state index in [1.165, 1.54) is 25.9 Å². The number of piperazine rings is 1. The van der Waals surface area contributed by atoms with Gasteiger partial charge < -0.3 is 0 Å². The molecule has 1 saturated heterocycles. The number of carbonyl (C=O) groups excluding carboxylic acids is 1. The topological polar surface area (TPSA) is 23.6 Å². The molecule has 1 saturated carbocycles. The number of rotatable bonds is 5. The molecule has 0 spiro atoms. The van der Waals surface area contributed by atoms with Gasteiger partial charge in [0, 0.05) is 45.2 Å². The number of ketones is 1. The molecule has 0 bridgehead atoms. The lowest BCUT2D eigenvalue weighted by molar-refractivity contribution is -0.114. The molecule has 3 nitrogen and oxygen atoms in total. The highest BCUT2D eigenvalue weighted by atomic mass is 16.1. The molecule has 0 radical (unpaired) electrons. The molecular formula is C13H22N2O. The zero-order chi connectivity index (χ0) is 11.4. The summed E-state index contributed by atoms with van der Waals surface area (Å²) in [5, 5.41) is 0. The van der Waals surface area contributed by atoms with Crippen LogP contribution in [0.4, 0.5) is 0 Å². The standard InChI is InChI=1S/C13H22N2O/c1-2-13(16)4-3-7-14-8-10-15(11-9-14)12-5-6-12/h3-4,12H,2,5-11H2,1H3/b4-3+. The fourth-order valence-corrected chi connectivity index (χ4v) is 2.20. The average Bonchev–Trinajstić information content (AvgIpc) is 3.14. The van der Waals surface area contributed by atoms with Crippen LogP contribution in [0.15, 0.2) is 12.2 Å². The Labute approximate surface area is 98.1 Å². The predicted molar refractivity (Wildman–Crippen MR) is 65.5 cm³/mol. The summed E-state index contributed by atoms with van der Waals surface area (Å²) in [4.78, 5) is 16.1. The fourth-order valence-electron chi connectivity index (χ4n) is 2.20. The van der Waals surface area contributed by atoms with Gasteiger partial charge >= 0.3 is 0 Å². The third-order valence-electron chi connectivity index (χ3n) is 3.49. The summed E-state index contributed by atoms with van der Waals surface area (Å²) in [7, 11) is 0. The molecule has 2 aliphatic rings. The molecule has 3 heteroatoms. The molecule has 0 N–H and O–H groups in total. The fraction of sp³-hybridized carbons (Fsp3) is 0.769. The molecule has 0 aromatic carbocycles. The molecular weight excluding hydrogens is 200 g/mol. The molecule has 1 heterocycles. The highest BCUT2D eigenvalue weighted by Gasteiger charge is 2.30. The zero-order valence-corrected chi connectivity index (χ0v) is 10.2. The van der Waals surface area contributed by atoms with Crippen molar-refractivity contribution >= 4 is 5.78 Å². The predicted octanol–water partition coefficient (Wildman–Crippen LogP) is 1.30. The van der Waals surface area contributed by atoms with Gasteiger partial charge in [-0.2, -0.15) is 0 Å². The molecule has 90 valence electrons. The molecule has 0 amide bonds. The van der Waals surface area contributed by atoms with Crippen molar-refractivity contribution in [1.82, 2.24) is 9.80 Å². The number of allylic oxidation sites excluding steroid dienone is 1. The minimum atomic E-state index is 0.233.